The standard InChI is InChI=1S/C17H16N4O2/c18-17-14-9-11(4-6-15(14)20-21-17)5-7-16(23)19-10-12-2-1-3-13(22)8-12/h1-9,22H,10H2,(H,19,23)(H3,18,20,21)/b7-5+. The third-order valence-corrected chi connectivity index (χ3v) is 3.42. The Balaban J connectivity index is 1.64. The van der Waals surface area contributed by atoms with E-state index in [-0.39, 0.29) is 11.7 Å². The van der Waals surface area contributed by atoms with Crippen molar-refractivity contribution in [3.63, 3.8) is 0 Å². The lowest BCUT2D eigenvalue weighted by Gasteiger charge is -2.03. The van der Waals surface area contributed by atoms with Crippen molar-refractivity contribution in [2.75, 3.05) is 5.73 Å². The number of aromatic nitrogens is 2. The van der Waals surface area contributed by atoms with Crippen molar-refractivity contribution in [2.24, 2.45) is 0 Å². The normalized spacial score (nSPS) is 11.1. The molecule has 3 rings (SSSR count). The highest BCUT2D eigenvalue weighted by Gasteiger charge is 2.02. The van der Waals surface area contributed by atoms with Crippen molar-refractivity contribution in [2.45, 2.75) is 6.54 Å². The van der Waals surface area contributed by atoms with Gasteiger partial charge in [-0.1, -0.05) is 18.2 Å². The fourth-order valence-electron chi connectivity index (χ4n) is 2.24. The summed E-state index contributed by atoms with van der Waals surface area (Å²) >= 11 is 0. The summed E-state index contributed by atoms with van der Waals surface area (Å²) in [5.41, 5.74) is 8.31. The predicted octanol–water partition coefficient (Wildman–Crippen LogP) is 2.18. The van der Waals surface area contributed by atoms with Crippen LogP contribution in [0, 0.1) is 0 Å². The molecule has 1 aromatic heterocycles. The molecule has 1 heterocycles. The van der Waals surface area contributed by atoms with Gasteiger partial charge >= 0.3 is 0 Å². The van der Waals surface area contributed by atoms with E-state index in [9.17, 15) is 9.90 Å². The second-order valence-electron chi connectivity index (χ2n) is 5.13. The Morgan fingerprint density at radius 1 is 1.30 bits per heavy atom. The topological polar surface area (TPSA) is 104 Å². The summed E-state index contributed by atoms with van der Waals surface area (Å²) in [5.74, 6) is 0.399. The molecule has 0 saturated heterocycles. The number of nitrogens with two attached hydrogens (primary N) is 1. The van der Waals surface area contributed by atoms with Gasteiger partial charge < -0.3 is 16.2 Å². The molecule has 2 aromatic carbocycles. The number of benzene rings is 2. The first kappa shape index (κ1) is 14.6. The summed E-state index contributed by atoms with van der Waals surface area (Å²) in [4.78, 5) is 11.9. The molecule has 0 fully saturated rings. The zero-order chi connectivity index (χ0) is 16.2. The Kier molecular flexibility index (Phi) is 3.97. The van der Waals surface area contributed by atoms with Crippen LogP contribution in [0.4, 0.5) is 5.82 Å². The van der Waals surface area contributed by atoms with Gasteiger partial charge in [0.15, 0.2) is 5.82 Å². The Morgan fingerprint density at radius 3 is 3.00 bits per heavy atom. The number of fused-ring (bicyclic) bond motifs is 1. The number of hydrogen-bond acceptors (Lipinski definition) is 4. The van der Waals surface area contributed by atoms with Crippen molar-refractivity contribution in [1.29, 1.82) is 0 Å². The van der Waals surface area contributed by atoms with Gasteiger partial charge in [-0.05, 0) is 41.5 Å². The zero-order valence-corrected chi connectivity index (χ0v) is 12.3. The number of aromatic amines is 1. The van der Waals surface area contributed by atoms with E-state index in [1.54, 1.807) is 24.3 Å². The van der Waals surface area contributed by atoms with E-state index in [4.69, 9.17) is 5.73 Å². The molecular formula is C17H16N4O2. The SMILES string of the molecule is Nc1n[nH]c2ccc(/C=C/C(=O)NCc3cccc(O)c3)cc12. The molecular weight excluding hydrogens is 292 g/mol. The third-order valence-electron chi connectivity index (χ3n) is 3.42. The molecule has 6 heteroatoms. The monoisotopic (exact) mass is 308 g/mol. The minimum Gasteiger partial charge on any atom is -0.508 e. The lowest BCUT2D eigenvalue weighted by molar-refractivity contribution is -0.116. The number of H-pyrrole nitrogens is 1. The number of carbonyl (C=O) groups excluding carboxylic acids is 1. The first-order valence-corrected chi connectivity index (χ1v) is 7.09. The van der Waals surface area contributed by atoms with Gasteiger partial charge in [0, 0.05) is 18.0 Å². The molecule has 1 amide bonds. The molecule has 3 aromatic rings. The van der Waals surface area contributed by atoms with Gasteiger partial charge in [0.2, 0.25) is 5.91 Å². The minimum absolute atomic E-state index is 0.179. The van der Waals surface area contributed by atoms with Gasteiger partial charge in [-0.25, -0.2) is 0 Å². The van der Waals surface area contributed by atoms with Crippen LogP contribution in [0.5, 0.6) is 5.75 Å². The number of anilines is 1. The van der Waals surface area contributed by atoms with Crippen LogP contribution in [-0.4, -0.2) is 21.2 Å². The van der Waals surface area contributed by atoms with Crippen molar-refractivity contribution in [3.8, 4) is 5.75 Å². The molecule has 0 unspecified atom stereocenters. The maximum absolute atomic E-state index is 11.9. The maximum Gasteiger partial charge on any atom is 0.244 e. The average Bonchev–Trinajstić information content (AvgIpc) is 2.92. The Bertz CT molecular complexity index is 883. The van der Waals surface area contributed by atoms with E-state index in [0.29, 0.717) is 12.4 Å². The second-order valence-corrected chi connectivity index (χ2v) is 5.13. The van der Waals surface area contributed by atoms with E-state index < -0.39 is 0 Å². The highest BCUT2D eigenvalue weighted by molar-refractivity contribution is 5.94. The van der Waals surface area contributed by atoms with Gasteiger partial charge in [0.1, 0.15) is 5.75 Å². The van der Waals surface area contributed by atoms with Crippen LogP contribution in [0.15, 0.2) is 48.5 Å². The minimum atomic E-state index is -0.214. The summed E-state index contributed by atoms with van der Waals surface area (Å²) in [7, 11) is 0. The number of hydrogen-bond donors (Lipinski definition) is 4. The number of rotatable bonds is 4. The smallest absolute Gasteiger partial charge is 0.244 e. The Hall–Kier alpha value is -3.28. The lowest BCUT2D eigenvalue weighted by Crippen LogP contribution is -2.20. The van der Waals surface area contributed by atoms with Crippen LogP contribution in [-0.2, 0) is 11.3 Å². The van der Waals surface area contributed by atoms with Crippen molar-refractivity contribution < 1.29 is 9.90 Å². The molecule has 0 radical (unpaired) electrons. The van der Waals surface area contributed by atoms with Crippen LogP contribution in [0.25, 0.3) is 17.0 Å². The van der Waals surface area contributed by atoms with E-state index >= 15 is 0 Å². The van der Waals surface area contributed by atoms with E-state index in [0.717, 1.165) is 22.0 Å². The molecule has 0 bridgehead atoms. The van der Waals surface area contributed by atoms with Crippen LogP contribution in [0.1, 0.15) is 11.1 Å². The number of nitrogens with zero attached hydrogens (tertiary/aromatic N) is 1. The third kappa shape index (κ3) is 3.49. The Labute approximate surface area is 132 Å². The number of carbonyl (C=O) groups is 1. The number of phenols is 1. The second kappa shape index (κ2) is 6.23. The largest absolute Gasteiger partial charge is 0.508 e. The maximum atomic E-state index is 11.9. The molecule has 116 valence electrons. The number of aromatic hydroxyl groups is 1. The molecule has 0 aliphatic rings. The molecule has 0 aliphatic heterocycles. The van der Waals surface area contributed by atoms with Crippen molar-refractivity contribution in [3.05, 3.63) is 59.7 Å². The van der Waals surface area contributed by atoms with Crippen LogP contribution >= 0.6 is 0 Å². The number of nitrogen functional groups attached to an aromatic ring is 1. The number of amides is 1. The van der Waals surface area contributed by atoms with Crippen LogP contribution < -0.4 is 11.1 Å². The molecule has 0 saturated carbocycles. The summed E-state index contributed by atoms with van der Waals surface area (Å²) in [6.45, 7) is 0.352. The first-order chi connectivity index (χ1) is 11.1. The van der Waals surface area contributed by atoms with Crippen molar-refractivity contribution >= 4 is 28.7 Å². The molecule has 5 N–H and O–H groups in total. The van der Waals surface area contributed by atoms with Gasteiger partial charge in [0.05, 0.1) is 5.52 Å². The molecule has 23 heavy (non-hydrogen) atoms. The number of nitrogens with one attached hydrogen (secondary N) is 2. The summed E-state index contributed by atoms with van der Waals surface area (Å²) < 4.78 is 0. The fourth-order valence-corrected chi connectivity index (χ4v) is 2.24. The highest BCUT2D eigenvalue weighted by atomic mass is 16.3. The molecule has 0 aliphatic carbocycles. The predicted molar refractivity (Wildman–Crippen MR) is 89.5 cm³/mol. The quantitative estimate of drug-likeness (QED) is 0.554. The highest BCUT2D eigenvalue weighted by Crippen LogP contribution is 2.19. The van der Waals surface area contributed by atoms with E-state index in [2.05, 4.69) is 15.5 Å². The summed E-state index contributed by atoms with van der Waals surface area (Å²) in [5, 5.41) is 19.7. The van der Waals surface area contributed by atoms with E-state index in [1.807, 2.05) is 24.3 Å². The average molecular weight is 308 g/mol. The van der Waals surface area contributed by atoms with Gasteiger partial charge in [-0.3, -0.25) is 9.89 Å². The van der Waals surface area contributed by atoms with Gasteiger partial charge in [0.25, 0.3) is 0 Å². The van der Waals surface area contributed by atoms with E-state index in [1.165, 1.54) is 6.08 Å². The lowest BCUT2D eigenvalue weighted by atomic mass is 10.1. The zero-order valence-electron chi connectivity index (χ0n) is 12.3. The first-order valence-electron chi connectivity index (χ1n) is 7.09. The van der Waals surface area contributed by atoms with Gasteiger partial charge in [-0.2, -0.15) is 5.10 Å². The molecule has 6 nitrogen and oxygen atoms in total. The summed E-state index contributed by atoms with van der Waals surface area (Å²) in [6.07, 6.45) is 3.17. The Morgan fingerprint density at radius 2 is 2.17 bits per heavy atom. The summed E-state index contributed by atoms with van der Waals surface area (Å²) in [6, 6.07) is 12.4. The van der Waals surface area contributed by atoms with Gasteiger partial charge in [-0.15, -0.1) is 0 Å². The van der Waals surface area contributed by atoms with Crippen LogP contribution in [0.2, 0.25) is 0 Å². The molecule has 0 atom stereocenters. The van der Waals surface area contributed by atoms with Crippen molar-refractivity contribution in [1.82, 2.24) is 15.5 Å². The number of phenolic OH excluding ortho intramolecular Hbond substituents is 1. The molecule has 0 spiro atoms. The van der Waals surface area contributed by atoms with Crippen LogP contribution in [0.3, 0.4) is 0 Å². The fraction of sp³-hybridized carbons (Fsp3) is 0.0588.